The minimum Gasteiger partial charge on any atom is -0.502 e. The van der Waals surface area contributed by atoms with Gasteiger partial charge in [0.25, 0.3) is 0 Å². The molecule has 1 atom stereocenters. The summed E-state index contributed by atoms with van der Waals surface area (Å²) in [5.41, 5.74) is 7.28. The van der Waals surface area contributed by atoms with Gasteiger partial charge in [0, 0.05) is 12.6 Å². The number of nitro groups is 1. The van der Waals surface area contributed by atoms with Gasteiger partial charge in [-0.3, -0.25) is 14.9 Å². The number of carbonyl (C=O) groups is 1. The number of nitrogens with one attached hydrogen (secondary N) is 1. The first-order valence-electron chi connectivity index (χ1n) is 8.51. The maximum atomic E-state index is 12.0. The second-order valence-electron chi connectivity index (χ2n) is 6.12. The quantitative estimate of drug-likeness (QED) is 0.361. The highest BCUT2D eigenvalue weighted by Gasteiger charge is 2.18. The fourth-order valence-electron chi connectivity index (χ4n) is 2.63. The van der Waals surface area contributed by atoms with Crippen LogP contribution in [0.1, 0.15) is 24.0 Å². The number of hydrogen-bond acceptors (Lipinski definition) is 5. The van der Waals surface area contributed by atoms with Crippen molar-refractivity contribution in [2.24, 2.45) is 5.73 Å². The molecule has 0 radical (unpaired) electrons. The van der Waals surface area contributed by atoms with Crippen molar-refractivity contribution in [2.75, 3.05) is 6.54 Å². The molecule has 0 saturated heterocycles. The Morgan fingerprint density at radius 1 is 1.15 bits per heavy atom. The molecule has 7 nitrogen and oxygen atoms in total. The van der Waals surface area contributed by atoms with E-state index in [0.717, 1.165) is 19.3 Å². The first-order valence-corrected chi connectivity index (χ1v) is 8.51. The van der Waals surface area contributed by atoms with Gasteiger partial charge in [0.15, 0.2) is 5.75 Å². The average Bonchev–Trinajstić information content (AvgIpc) is 2.63. The standard InChI is InChI=1S/C19H23N3O4/c20-16(12-15-9-10-18(23)17(13-15)22(25)26)19(24)21-11-5-4-8-14-6-2-1-3-7-14/h1-3,6-7,9-10,13,16,23H,4-5,8,11-12,20H2,(H,21,24)/t16-/m0/s1. The van der Waals surface area contributed by atoms with Crippen molar-refractivity contribution in [2.45, 2.75) is 31.7 Å². The third-order valence-corrected chi connectivity index (χ3v) is 4.06. The topological polar surface area (TPSA) is 118 Å². The van der Waals surface area contributed by atoms with Crippen molar-refractivity contribution in [1.29, 1.82) is 0 Å². The van der Waals surface area contributed by atoms with Gasteiger partial charge >= 0.3 is 5.69 Å². The van der Waals surface area contributed by atoms with Gasteiger partial charge in [-0.15, -0.1) is 0 Å². The van der Waals surface area contributed by atoms with Crippen molar-refractivity contribution >= 4 is 11.6 Å². The van der Waals surface area contributed by atoms with Crippen LogP contribution in [0.15, 0.2) is 48.5 Å². The number of amides is 1. The minimum atomic E-state index is -0.798. The van der Waals surface area contributed by atoms with Crippen LogP contribution in [0.2, 0.25) is 0 Å². The number of nitrogens with zero attached hydrogens (tertiary/aromatic N) is 1. The summed E-state index contributed by atoms with van der Waals surface area (Å²) < 4.78 is 0. The molecule has 0 fully saturated rings. The second kappa shape index (κ2) is 9.53. The molecule has 2 aromatic carbocycles. The maximum absolute atomic E-state index is 12.0. The molecule has 7 heteroatoms. The van der Waals surface area contributed by atoms with E-state index in [4.69, 9.17) is 5.73 Å². The number of aryl methyl sites for hydroxylation is 1. The lowest BCUT2D eigenvalue weighted by Gasteiger charge is -2.12. The zero-order valence-electron chi connectivity index (χ0n) is 14.4. The first kappa shape index (κ1) is 19.4. The van der Waals surface area contributed by atoms with Crippen molar-refractivity contribution in [3.05, 3.63) is 69.8 Å². The molecule has 2 rings (SSSR count). The van der Waals surface area contributed by atoms with E-state index in [1.807, 2.05) is 18.2 Å². The minimum absolute atomic E-state index is 0.164. The van der Waals surface area contributed by atoms with Crippen LogP contribution in [0, 0.1) is 10.1 Å². The van der Waals surface area contributed by atoms with Crippen LogP contribution < -0.4 is 11.1 Å². The summed E-state index contributed by atoms with van der Waals surface area (Å²) in [4.78, 5) is 22.2. The second-order valence-corrected chi connectivity index (χ2v) is 6.12. The number of nitrogens with two attached hydrogens (primary N) is 1. The summed E-state index contributed by atoms with van der Waals surface area (Å²) in [6.45, 7) is 0.537. The number of phenolic OH excluding ortho intramolecular Hbond substituents is 1. The molecular weight excluding hydrogens is 334 g/mol. The number of benzene rings is 2. The van der Waals surface area contributed by atoms with Gasteiger partial charge in [0.2, 0.25) is 5.91 Å². The zero-order valence-corrected chi connectivity index (χ0v) is 14.4. The molecule has 0 aliphatic rings. The van der Waals surface area contributed by atoms with E-state index in [0.29, 0.717) is 12.1 Å². The fraction of sp³-hybridized carbons (Fsp3) is 0.316. The van der Waals surface area contributed by atoms with Crippen LogP contribution in [0.25, 0.3) is 0 Å². The maximum Gasteiger partial charge on any atom is 0.310 e. The van der Waals surface area contributed by atoms with E-state index in [2.05, 4.69) is 17.4 Å². The smallest absolute Gasteiger partial charge is 0.310 e. The number of carbonyl (C=O) groups excluding carboxylic acids is 1. The molecule has 138 valence electrons. The molecule has 2 aromatic rings. The number of unbranched alkanes of at least 4 members (excludes halogenated alkanes) is 1. The molecule has 4 N–H and O–H groups in total. The third kappa shape index (κ3) is 5.86. The summed E-state index contributed by atoms with van der Waals surface area (Å²) >= 11 is 0. The Hall–Kier alpha value is -2.93. The Bertz CT molecular complexity index is 750. The Balaban J connectivity index is 1.74. The summed E-state index contributed by atoms with van der Waals surface area (Å²) in [6, 6.07) is 13.3. The number of nitro benzene ring substituents is 1. The monoisotopic (exact) mass is 357 g/mol. The van der Waals surface area contributed by atoms with E-state index in [1.165, 1.54) is 23.8 Å². The molecule has 1 amide bonds. The molecule has 0 saturated carbocycles. The first-order chi connectivity index (χ1) is 12.5. The van der Waals surface area contributed by atoms with Gasteiger partial charge in [-0.1, -0.05) is 36.4 Å². The summed E-state index contributed by atoms with van der Waals surface area (Å²) in [5.74, 6) is -0.698. The normalized spacial score (nSPS) is 11.7. The predicted octanol–water partition coefficient (Wildman–Crippen LogP) is 2.31. The van der Waals surface area contributed by atoms with Gasteiger partial charge in [0.05, 0.1) is 11.0 Å². The van der Waals surface area contributed by atoms with E-state index in [-0.39, 0.29) is 12.3 Å². The van der Waals surface area contributed by atoms with E-state index >= 15 is 0 Å². The van der Waals surface area contributed by atoms with Crippen LogP contribution in [-0.2, 0) is 17.6 Å². The number of rotatable bonds is 9. The molecule has 0 heterocycles. The predicted molar refractivity (Wildman–Crippen MR) is 98.8 cm³/mol. The SMILES string of the molecule is N[C@@H](Cc1ccc(O)c([N+](=O)[O-])c1)C(=O)NCCCCc1ccccc1. The number of aromatic hydroxyl groups is 1. The summed E-state index contributed by atoms with van der Waals surface area (Å²) in [6.07, 6.45) is 2.93. The molecule has 0 spiro atoms. The van der Waals surface area contributed by atoms with Crippen molar-refractivity contribution < 1.29 is 14.8 Å². The van der Waals surface area contributed by atoms with Crippen LogP contribution in [0.3, 0.4) is 0 Å². The molecule has 0 aliphatic carbocycles. The lowest BCUT2D eigenvalue weighted by molar-refractivity contribution is -0.385. The van der Waals surface area contributed by atoms with Gasteiger partial charge in [-0.2, -0.15) is 0 Å². The largest absolute Gasteiger partial charge is 0.502 e. The van der Waals surface area contributed by atoms with Crippen molar-refractivity contribution in [3.8, 4) is 5.75 Å². The van der Waals surface area contributed by atoms with Gasteiger partial charge in [-0.25, -0.2) is 0 Å². The highest BCUT2D eigenvalue weighted by Crippen LogP contribution is 2.26. The third-order valence-electron chi connectivity index (χ3n) is 4.06. The molecule has 0 aromatic heterocycles. The highest BCUT2D eigenvalue weighted by molar-refractivity contribution is 5.81. The Morgan fingerprint density at radius 2 is 1.88 bits per heavy atom. The van der Waals surface area contributed by atoms with E-state index in [1.54, 1.807) is 0 Å². The van der Waals surface area contributed by atoms with Crippen LogP contribution in [0.4, 0.5) is 5.69 Å². The summed E-state index contributed by atoms with van der Waals surface area (Å²) in [5, 5.41) is 23.1. The zero-order chi connectivity index (χ0) is 18.9. The molecule has 0 bridgehead atoms. The lowest BCUT2D eigenvalue weighted by Crippen LogP contribution is -2.42. The number of phenols is 1. The molecule has 0 aliphatic heterocycles. The van der Waals surface area contributed by atoms with Crippen LogP contribution in [-0.4, -0.2) is 28.5 Å². The molecule has 26 heavy (non-hydrogen) atoms. The van der Waals surface area contributed by atoms with Gasteiger partial charge in [-0.05, 0) is 42.9 Å². The van der Waals surface area contributed by atoms with Crippen LogP contribution in [0.5, 0.6) is 5.75 Å². The van der Waals surface area contributed by atoms with Crippen LogP contribution >= 0.6 is 0 Å². The fourth-order valence-corrected chi connectivity index (χ4v) is 2.63. The Kier molecular flexibility index (Phi) is 7.11. The average molecular weight is 357 g/mol. The van der Waals surface area contributed by atoms with Gasteiger partial charge in [0.1, 0.15) is 0 Å². The van der Waals surface area contributed by atoms with Crippen molar-refractivity contribution in [1.82, 2.24) is 5.32 Å². The molecular formula is C19H23N3O4. The lowest BCUT2D eigenvalue weighted by atomic mass is 10.0. The van der Waals surface area contributed by atoms with Gasteiger partial charge < -0.3 is 16.2 Å². The van der Waals surface area contributed by atoms with Crippen molar-refractivity contribution in [3.63, 3.8) is 0 Å². The Morgan fingerprint density at radius 3 is 2.58 bits per heavy atom. The van der Waals surface area contributed by atoms with E-state index < -0.39 is 22.4 Å². The number of hydrogen-bond donors (Lipinski definition) is 3. The van der Waals surface area contributed by atoms with E-state index in [9.17, 15) is 20.0 Å². The highest BCUT2D eigenvalue weighted by atomic mass is 16.6. The Labute approximate surface area is 152 Å². The molecule has 0 unspecified atom stereocenters. The summed E-state index contributed by atoms with van der Waals surface area (Å²) in [7, 11) is 0.